The van der Waals surface area contributed by atoms with Gasteiger partial charge in [-0.05, 0) is 42.9 Å². The van der Waals surface area contributed by atoms with Crippen LogP contribution in [0.3, 0.4) is 0 Å². The fraction of sp³-hybridized carbons (Fsp3) is 0.263. The number of hydrogen-bond acceptors (Lipinski definition) is 3. The highest BCUT2D eigenvalue weighted by molar-refractivity contribution is 7.80. The monoisotopic (exact) mass is 351 g/mol. The molecule has 0 aliphatic carbocycles. The van der Waals surface area contributed by atoms with Crippen molar-refractivity contribution >= 4 is 34.1 Å². The lowest BCUT2D eigenvalue weighted by Gasteiger charge is -2.34. The molecule has 2 aliphatic rings. The van der Waals surface area contributed by atoms with E-state index < -0.39 is 0 Å². The second kappa shape index (κ2) is 5.20. The molecule has 0 radical (unpaired) electrons. The van der Waals surface area contributed by atoms with Gasteiger partial charge in [0.05, 0.1) is 18.8 Å². The Morgan fingerprint density at radius 3 is 2.92 bits per heavy atom. The third-order valence-corrected chi connectivity index (χ3v) is 5.74. The van der Waals surface area contributed by atoms with E-state index in [1.165, 1.54) is 10.9 Å². The van der Waals surface area contributed by atoms with E-state index in [9.17, 15) is 4.79 Å². The molecule has 0 unspecified atom stereocenters. The van der Waals surface area contributed by atoms with Gasteiger partial charge in [-0.3, -0.25) is 9.69 Å². The second-order valence-electron chi connectivity index (χ2n) is 6.65. The molecule has 2 aromatic heterocycles. The van der Waals surface area contributed by atoms with Crippen molar-refractivity contribution in [3.8, 4) is 0 Å². The molecule has 3 aromatic rings. The maximum Gasteiger partial charge on any atom is 0.252 e. The molecule has 0 bridgehead atoms. The molecule has 0 saturated carbocycles. The summed E-state index contributed by atoms with van der Waals surface area (Å²) < 4.78 is 5.40. The topological polar surface area (TPSA) is 52.5 Å². The summed E-state index contributed by atoms with van der Waals surface area (Å²) in [5, 5.41) is 1.79. The number of carbonyl (C=O) groups excluding carboxylic acids is 1. The first-order chi connectivity index (χ1) is 12.1. The molecule has 25 heavy (non-hydrogen) atoms. The van der Waals surface area contributed by atoms with E-state index in [-0.39, 0.29) is 18.0 Å². The van der Waals surface area contributed by atoms with Gasteiger partial charge in [0.25, 0.3) is 5.91 Å². The van der Waals surface area contributed by atoms with Gasteiger partial charge in [-0.2, -0.15) is 0 Å². The highest BCUT2D eigenvalue weighted by Gasteiger charge is 2.48. The van der Waals surface area contributed by atoms with Crippen LogP contribution in [0.15, 0.2) is 47.1 Å². The molecule has 2 atom stereocenters. The van der Waals surface area contributed by atoms with Crippen molar-refractivity contribution < 1.29 is 9.21 Å². The van der Waals surface area contributed by atoms with Crippen LogP contribution in [0.25, 0.3) is 10.9 Å². The predicted octanol–water partition coefficient (Wildman–Crippen LogP) is 3.38. The number of amides is 1. The number of para-hydroxylation sites is 1. The Kier molecular flexibility index (Phi) is 3.06. The number of nitrogens with zero attached hydrogens (tertiary/aromatic N) is 2. The van der Waals surface area contributed by atoms with Gasteiger partial charge in [0.15, 0.2) is 5.11 Å². The van der Waals surface area contributed by atoms with Gasteiger partial charge < -0.3 is 14.3 Å². The Morgan fingerprint density at radius 1 is 1.28 bits per heavy atom. The van der Waals surface area contributed by atoms with E-state index in [1.54, 1.807) is 11.2 Å². The van der Waals surface area contributed by atoms with Crippen molar-refractivity contribution in [1.29, 1.82) is 0 Å². The van der Waals surface area contributed by atoms with Gasteiger partial charge in [-0.1, -0.05) is 18.2 Å². The highest BCUT2D eigenvalue weighted by Crippen LogP contribution is 2.40. The molecule has 5 nitrogen and oxygen atoms in total. The number of benzene rings is 1. The molecule has 1 saturated heterocycles. The van der Waals surface area contributed by atoms with E-state index >= 15 is 0 Å². The number of carbonyl (C=O) groups is 1. The summed E-state index contributed by atoms with van der Waals surface area (Å²) in [5.74, 6) is 0.802. The smallest absolute Gasteiger partial charge is 0.252 e. The summed E-state index contributed by atoms with van der Waals surface area (Å²) >= 11 is 5.65. The Hall–Kier alpha value is -2.60. The van der Waals surface area contributed by atoms with Crippen molar-refractivity contribution in [3.63, 3.8) is 0 Å². The van der Waals surface area contributed by atoms with Crippen LogP contribution in [-0.2, 0) is 17.8 Å². The molecule has 1 fully saturated rings. The third-order valence-electron chi connectivity index (χ3n) is 5.31. The predicted molar refractivity (Wildman–Crippen MR) is 97.9 cm³/mol. The van der Waals surface area contributed by atoms with Gasteiger partial charge in [0.1, 0.15) is 11.8 Å². The van der Waals surface area contributed by atoms with E-state index in [1.807, 2.05) is 24.3 Å². The van der Waals surface area contributed by atoms with Gasteiger partial charge in [0.2, 0.25) is 0 Å². The van der Waals surface area contributed by atoms with Gasteiger partial charge in [-0.15, -0.1) is 0 Å². The minimum absolute atomic E-state index is 0.0409. The number of aromatic amines is 1. The normalized spacial score (nSPS) is 22.6. The zero-order valence-corrected chi connectivity index (χ0v) is 14.5. The SMILES string of the molecule is C[C@H]1c2[nH]c3ccccc3c2C[C@H]2C(=O)N(Cc3ccco3)C(=S)N21. The average molecular weight is 351 g/mol. The van der Waals surface area contributed by atoms with Crippen molar-refractivity contribution in [2.24, 2.45) is 0 Å². The number of aromatic nitrogens is 1. The number of nitrogens with one attached hydrogen (secondary N) is 1. The molecular weight excluding hydrogens is 334 g/mol. The Morgan fingerprint density at radius 2 is 2.12 bits per heavy atom. The van der Waals surface area contributed by atoms with Gasteiger partial charge >= 0.3 is 0 Å². The molecule has 126 valence electrons. The molecule has 1 amide bonds. The molecule has 0 spiro atoms. The molecule has 6 heteroatoms. The summed E-state index contributed by atoms with van der Waals surface area (Å²) in [6, 6.07) is 11.8. The van der Waals surface area contributed by atoms with E-state index in [0.29, 0.717) is 18.1 Å². The van der Waals surface area contributed by atoms with Gasteiger partial charge in [-0.25, -0.2) is 0 Å². The zero-order chi connectivity index (χ0) is 17.1. The number of thiocarbonyl (C=S) groups is 1. The van der Waals surface area contributed by atoms with Gasteiger partial charge in [0, 0.05) is 23.0 Å². The van der Waals surface area contributed by atoms with Crippen LogP contribution in [0, 0.1) is 0 Å². The lowest BCUT2D eigenvalue weighted by atomic mass is 9.93. The zero-order valence-electron chi connectivity index (χ0n) is 13.7. The van der Waals surface area contributed by atoms with Crippen molar-refractivity contribution in [3.05, 3.63) is 59.7 Å². The molecule has 1 aromatic carbocycles. The minimum atomic E-state index is -0.232. The van der Waals surface area contributed by atoms with Crippen LogP contribution < -0.4 is 0 Å². The molecule has 1 N–H and O–H groups in total. The quantitative estimate of drug-likeness (QED) is 0.719. The Balaban J connectivity index is 1.55. The maximum absolute atomic E-state index is 13.0. The first-order valence-electron chi connectivity index (χ1n) is 8.40. The second-order valence-corrected chi connectivity index (χ2v) is 7.02. The standard InChI is InChI=1S/C19H17N3O2S/c1-11-17-14(13-6-2-3-7-15(13)20-17)9-16-18(23)21(19(25)22(11)16)10-12-5-4-8-24-12/h2-8,11,16,20H,9-10H2,1H3/t11-,16-/m0/s1. The van der Waals surface area contributed by atoms with E-state index in [0.717, 1.165) is 17.0 Å². The minimum Gasteiger partial charge on any atom is -0.467 e. The van der Waals surface area contributed by atoms with Crippen LogP contribution in [0.1, 0.15) is 30.0 Å². The molecule has 5 rings (SSSR count). The van der Waals surface area contributed by atoms with Crippen LogP contribution >= 0.6 is 12.2 Å². The summed E-state index contributed by atoms with van der Waals surface area (Å²) in [7, 11) is 0. The summed E-state index contributed by atoms with van der Waals surface area (Å²) in [6.07, 6.45) is 2.29. The average Bonchev–Trinajstić information content (AvgIpc) is 3.30. The van der Waals surface area contributed by atoms with Crippen molar-refractivity contribution in [1.82, 2.24) is 14.8 Å². The lowest BCUT2D eigenvalue weighted by Crippen LogP contribution is -2.42. The number of furan rings is 1. The van der Waals surface area contributed by atoms with Crippen LogP contribution in [-0.4, -0.2) is 31.8 Å². The lowest BCUT2D eigenvalue weighted by molar-refractivity contribution is -0.129. The first-order valence-corrected chi connectivity index (χ1v) is 8.81. The Bertz CT molecular complexity index is 991. The van der Waals surface area contributed by atoms with E-state index in [2.05, 4.69) is 28.9 Å². The summed E-state index contributed by atoms with van der Waals surface area (Å²) in [6.45, 7) is 2.50. The third kappa shape index (κ3) is 2.00. The summed E-state index contributed by atoms with van der Waals surface area (Å²) in [5.41, 5.74) is 3.51. The van der Waals surface area contributed by atoms with Crippen molar-refractivity contribution in [2.75, 3.05) is 0 Å². The molecule has 4 heterocycles. The largest absolute Gasteiger partial charge is 0.467 e. The number of hydrogen-bond donors (Lipinski definition) is 1. The first kappa shape index (κ1) is 14.7. The molecular formula is C19H17N3O2S. The van der Waals surface area contributed by atoms with E-state index in [4.69, 9.17) is 16.6 Å². The fourth-order valence-corrected chi connectivity index (χ4v) is 4.56. The number of rotatable bonds is 2. The highest BCUT2D eigenvalue weighted by atomic mass is 32.1. The summed E-state index contributed by atoms with van der Waals surface area (Å²) in [4.78, 5) is 20.3. The number of fused-ring (bicyclic) bond motifs is 4. The molecule has 2 aliphatic heterocycles. The fourth-order valence-electron chi connectivity index (χ4n) is 4.12. The Labute approximate surface area is 150 Å². The van der Waals surface area contributed by atoms with Crippen LogP contribution in [0.5, 0.6) is 0 Å². The van der Waals surface area contributed by atoms with Crippen LogP contribution in [0.2, 0.25) is 0 Å². The van der Waals surface area contributed by atoms with Crippen molar-refractivity contribution in [2.45, 2.75) is 32.0 Å². The van der Waals surface area contributed by atoms with Crippen LogP contribution in [0.4, 0.5) is 0 Å². The maximum atomic E-state index is 13.0. The number of H-pyrrole nitrogens is 1.